The summed E-state index contributed by atoms with van der Waals surface area (Å²) in [4.78, 5) is 25.7. The smallest absolute Gasteiger partial charge is 0.305 e. The number of benzene rings is 4. The average molecular weight is 1120 g/mol. The second-order valence-electron chi connectivity index (χ2n) is 20.0. The number of carbonyl (C=O) groups is 2. The third-order valence-corrected chi connectivity index (χ3v) is 15.4. The normalized spacial score (nSPS) is 18.2. The molecule has 0 saturated heterocycles. The van der Waals surface area contributed by atoms with E-state index in [4.69, 9.17) is 56.8 Å². The van der Waals surface area contributed by atoms with Crippen LogP contribution in [0.3, 0.4) is 0 Å². The van der Waals surface area contributed by atoms with E-state index in [-0.39, 0.29) is 48.8 Å². The maximum Gasteiger partial charge on any atom is 0.305 e. The van der Waals surface area contributed by atoms with Gasteiger partial charge in [-0.25, -0.2) is 0 Å². The summed E-state index contributed by atoms with van der Waals surface area (Å²) in [6, 6.07) is 16.5. The Morgan fingerprint density at radius 3 is 1.26 bits per heavy atom. The number of carbonyl (C=O) groups excluding carboxylic acids is 2. The average Bonchev–Trinajstić information content (AvgIpc) is 3.43. The van der Waals surface area contributed by atoms with Gasteiger partial charge in [-0.05, 0) is 78.1 Å². The molecule has 0 radical (unpaired) electrons. The molecule has 77 heavy (non-hydrogen) atoms. The topological polar surface area (TPSA) is 145 Å². The van der Waals surface area contributed by atoms with E-state index >= 15 is 0 Å². The number of ether oxygens (including phenoxy) is 12. The molecule has 4 aromatic carbocycles. The lowest BCUT2D eigenvalue weighted by atomic mass is 9.85. The van der Waals surface area contributed by atoms with E-state index in [1.54, 1.807) is 71.1 Å². The lowest BCUT2D eigenvalue weighted by molar-refractivity contribution is -0.941. The highest BCUT2D eigenvalue weighted by Gasteiger charge is 2.43. The fraction of sp³-hybridized carbons (Fsp3) is 0.559. The van der Waals surface area contributed by atoms with Crippen LogP contribution < -0.4 is 72.2 Å². The molecule has 0 saturated carbocycles. The fourth-order valence-corrected chi connectivity index (χ4v) is 11.3. The number of hydrogen-bond donors (Lipinski definition) is 0. The van der Waals surface area contributed by atoms with Crippen molar-refractivity contribution in [3.05, 3.63) is 81.9 Å². The third kappa shape index (κ3) is 15.5. The van der Waals surface area contributed by atoms with E-state index in [1.165, 1.54) is 16.7 Å². The molecule has 0 fully saturated rings. The summed E-state index contributed by atoms with van der Waals surface area (Å²) < 4.78 is 70.1. The van der Waals surface area contributed by atoms with Gasteiger partial charge < -0.3 is 90.6 Å². The molecule has 0 spiro atoms. The van der Waals surface area contributed by atoms with Crippen LogP contribution in [-0.4, -0.2) is 145 Å². The monoisotopic (exact) mass is 1110 g/mol. The Morgan fingerprint density at radius 1 is 0.442 bits per heavy atom. The van der Waals surface area contributed by atoms with Gasteiger partial charge in [-0.1, -0.05) is 25.7 Å². The van der Waals surface area contributed by atoms with E-state index in [0.717, 1.165) is 111 Å². The Morgan fingerprint density at radius 2 is 0.818 bits per heavy atom. The molecule has 0 N–H and O–H groups in total. The summed E-state index contributed by atoms with van der Waals surface area (Å²) in [6.07, 6.45) is 10.1. The molecule has 2 aliphatic heterocycles. The lowest BCUT2D eigenvalue weighted by Crippen LogP contribution is -3.00. The standard InChI is InChI=1S/C59H84N2O14.2ClH/c1-60(27-23-41-34-47(64-3)49(66-5)38-44(41)46(60)31-40-32-51(68-7)58(72-11)52(33-40)69-8)25-19-29-74-55(62)21-17-15-13-14-16-18-22-56(63)75-30-20-26-61(2)28-24-42-35-48(65-4)50(67-6)39-45(42)57(61)43-36-53(70-9)59(73-12)54(37-43)71-10;;/h32-39,46,57H,13-31H2,1-12H3;2*1H/q+2;;/p-2/t46-,57+,60-,61+;;/m1../s1. The number of unbranched alkanes of at least 4 members (excludes halogenated alkanes) is 5. The summed E-state index contributed by atoms with van der Waals surface area (Å²) in [5.74, 6) is 5.96. The van der Waals surface area contributed by atoms with Gasteiger partial charge in [0.05, 0.1) is 125 Å². The Bertz CT molecular complexity index is 2500. The van der Waals surface area contributed by atoms with Crippen LogP contribution >= 0.6 is 0 Å². The number of halogens is 2. The predicted molar refractivity (Wildman–Crippen MR) is 287 cm³/mol. The zero-order valence-electron chi connectivity index (χ0n) is 47.6. The second-order valence-corrected chi connectivity index (χ2v) is 20.0. The van der Waals surface area contributed by atoms with E-state index in [2.05, 4.69) is 38.4 Å². The number of fused-ring (bicyclic) bond motifs is 2. The molecular formula is C59H84Cl2N2O14. The molecule has 18 heteroatoms. The minimum Gasteiger partial charge on any atom is -1.00 e. The van der Waals surface area contributed by atoms with Gasteiger partial charge in [0, 0.05) is 61.6 Å². The Balaban J connectivity index is 0.00000640. The summed E-state index contributed by atoms with van der Waals surface area (Å²) in [7, 11) is 20.9. The zero-order chi connectivity index (χ0) is 54.1. The molecule has 0 amide bonds. The first-order valence-electron chi connectivity index (χ1n) is 26.4. The van der Waals surface area contributed by atoms with Crippen LogP contribution in [-0.2, 0) is 38.3 Å². The molecule has 16 nitrogen and oxygen atoms in total. The van der Waals surface area contributed by atoms with Crippen molar-refractivity contribution >= 4 is 11.9 Å². The van der Waals surface area contributed by atoms with Crippen LogP contribution in [0.25, 0.3) is 0 Å². The van der Waals surface area contributed by atoms with E-state index in [1.807, 2.05) is 24.3 Å². The molecule has 2 heterocycles. The Labute approximate surface area is 469 Å². The lowest BCUT2D eigenvalue weighted by Gasteiger charge is -2.46. The first kappa shape index (κ1) is 63.8. The van der Waals surface area contributed by atoms with Crippen molar-refractivity contribution in [2.45, 2.75) is 95.6 Å². The maximum atomic E-state index is 12.9. The highest BCUT2D eigenvalue weighted by Crippen LogP contribution is 2.49. The van der Waals surface area contributed by atoms with Crippen molar-refractivity contribution in [1.29, 1.82) is 0 Å². The van der Waals surface area contributed by atoms with Crippen LogP contribution in [0.2, 0.25) is 0 Å². The SMILES string of the molecule is COc1cc2c(cc1OC)[C@H](c1cc(OC)c(OC)c(OC)c1)[N@@+](C)(CCCOC(=O)CCCCCCCCC(=O)OCCC[N@+]1(C)CCc3cc(OC)c(OC)cc3[C@H]1Cc1cc(OC)c(OC)c(OC)c1)CC2.[Cl-].[Cl-]. The highest BCUT2D eigenvalue weighted by atomic mass is 35.5. The molecule has 0 aromatic heterocycles. The number of methoxy groups -OCH3 is 10. The number of nitrogens with zero attached hydrogens (tertiary/aromatic N) is 2. The van der Waals surface area contributed by atoms with Gasteiger partial charge in [0.25, 0.3) is 0 Å². The minimum atomic E-state index is -0.168. The largest absolute Gasteiger partial charge is 1.00 e. The van der Waals surface area contributed by atoms with Gasteiger partial charge in [-0.2, -0.15) is 0 Å². The highest BCUT2D eigenvalue weighted by molar-refractivity contribution is 5.69. The van der Waals surface area contributed by atoms with E-state index in [9.17, 15) is 9.59 Å². The van der Waals surface area contributed by atoms with Gasteiger partial charge in [0.15, 0.2) is 46.0 Å². The quantitative estimate of drug-likeness (QED) is 0.0424. The molecule has 4 aromatic rings. The molecule has 0 aliphatic carbocycles. The minimum absolute atomic E-state index is 0. The first-order valence-corrected chi connectivity index (χ1v) is 26.4. The Hall–Kier alpha value is -5.68. The van der Waals surface area contributed by atoms with Gasteiger partial charge in [-0.3, -0.25) is 9.59 Å². The van der Waals surface area contributed by atoms with Gasteiger partial charge in [0.1, 0.15) is 12.1 Å². The van der Waals surface area contributed by atoms with Crippen LogP contribution in [0.4, 0.5) is 0 Å². The molecular weight excluding hydrogens is 1030 g/mol. The van der Waals surface area contributed by atoms with Crippen LogP contribution in [0.1, 0.15) is 110 Å². The summed E-state index contributed by atoms with van der Waals surface area (Å²) in [5, 5.41) is 0. The number of likely N-dealkylation sites (N-methyl/N-ethyl adjacent to an activating group) is 2. The van der Waals surface area contributed by atoms with E-state index in [0.29, 0.717) is 95.1 Å². The summed E-state index contributed by atoms with van der Waals surface area (Å²) in [5.41, 5.74) is 6.86. The summed E-state index contributed by atoms with van der Waals surface area (Å²) in [6.45, 7) is 4.09. The van der Waals surface area contributed by atoms with Crippen LogP contribution in [0.15, 0.2) is 48.5 Å². The number of hydrogen-bond acceptors (Lipinski definition) is 14. The first-order chi connectivity index (χ1) is 36.3. The second kappa shape index (κ2) is 30.5. The molecule has 2 aliphatic rings. The Kier molecular flexibility index (Phi) is 25.3. The summed E-state index contributed by atoms with van der Waals surface area (Å²) >= 11 is 0. The van der Waals surface area contributed by atoms with Crippen LogP contribution in [0, 0.1) is 0 Å². The number of esters is 2. The van der Waals surface area contributed by atoms with E-state index < -0.39 is 0 Å². The molecule has 0 bridgehead atoms. The van der Waals surface area contributed by atoms with Crippen LogP contribution in [0.5, 0.6) is 57.5 Å². The van der Waals surface area contributed by atoms with Crippen molar-refractivity contribution in [2.75, 3.05) is 125 Å². The van der Waals surface area contributed by atoms with Gasteiger partial charge in [-0.15, -0.1) is 0 Å². The fourth-order valence-electron chi connectivity index (χ4n) is 11.3. The predicted octanol–water partition coefficient (Wildman–Crippen LogP) is 3.85. The van der Waals surface area contributed by atoms with Crippen molar-refractivity contribution in [1.82, 2.24) is 0 Å². The maximum absolute atomic E-state index is 12.9. The zero-order valence-corrected chi connectivity index (χ0v) is 49.1. The number of quaternary nitrogens is 2. The van der Waals surface area contributed by atoms with Crippen molar-refractivity contribution in [2.24, 2.45) is 0 Å². The van der Waals surface area contributed by atoms with Gasteiger partial charge >= 0.3 is 11.9 Å². The number of rotatable bonds is 30. The van der Waals surface area contributed by atoms with Crippen molar-refractivity contribution in [3.63, 3.8) is 0 Å². The molecule has 0 unspecified atom stereocenters. The molecule has 4 atom stereocenters. The van der Waals surface area contributed by atoms with Crippen molar-refractivity contribution < 1.29 is 100 Å². The van der Waals surface area contributed by atoms with Gasteiger partial charge in [0.2, 0.25) is 11.5 Å². The van der Waals surface area contributed by atoms with Crippen molar-refractivity contribution in [3.8, 4) is 57.5 Å². The molecule has 6 rings (SSSR count). The molecule has 428 valence electrons. The third-order valence-electron chi connectivity index (χ3n) is 15.4.